The third-order valence-electron chi connectivity index (χ3n) is 5.55. The highest BCUT2D eigenvalue weighted by Crippen LogP contribution is 2.31. The number of ether oxygens (including phenoxy) is 2. The first-order valence-electron chi connectivity index (χ1n) is 11.4. The quantitative estimate of drug-likeness (QED) is 0.225. The SMILES string of the molecule is COc1ccc(C(CNC[C@H](O)c2ccc(O)c(NS(C)(=O)=O)c2)C(=O)Nc2ccccc2)cc1OC. The van der Waals surface area contributed by atoms with Gasteiger partial charge in [0.25, 0.3) is 0 Å². The van der Waals surface area contributed by atoms with Gasteiger partial charge in [0.2, 0.25) is 15.9 Å². The lowest BCUT2D eigenvalue weighted by Gasteiger charge is -2.21. The number of para-hydroxylation sites is 1. The van der Waals surface area contributed by atoms with Crippen LogP contribution in [0.5, 0.6) is 17.2 Å². The third-order valence-corrected chi connectivity index (χ3v) is 6.15. The second-order valence-corrected chi connectivity index (χ2v) is 10.1. The van der Waals surface area contributed by atoms with Crippen molar-refractivity contribution in [1.29, 1.82) is 0 Å². The lowest BCUT2D eigenvalue weighted by molar-refractivity contribution is -0.117. The van der Waals surface area contributed by atoms with Crippen molar-refractivity contribution in [3.8, 4) is 17.2 Å². The fraction of sp³-hybridized carbons (Fsp3) is 0.269. The normalized spacial score (nSPS) is 12.9. The second kappa shape index (κ2) is 12.4. The Balaban J connectivity index is 1.77. The number of sulfonamides is 1. The van der Waals surface area contributed by atoms with Gasteiger partial charge in [-0.05, 0) is 47.5 Å². The summed E-state index contributed by atoms with van der Waals surface area (Å²) in [4.78, 5) is 13.2. The van der Waals surface area contributed by atoms with Gasteiger partial charge >= 0.3 is 0 Å². The molecule has 0 aliphatic carbocycles. The maximum Gasteiger partial charge on any atom is 0.233 e. The lowest BCUT2D eigenvalue weighted by atomic mass is 9.97. The van der Waals surface area contributed by atoms with Crippen molar-refractivity contribution in [3.63, 3.8) is 0 Å². The number of amides is 1. The number of carbonyl (C=O) groups excluding carboxylic acids is 1. The average Bonchev–Trinajstić information content (AvgIpc) is 2.87. The molecule has 0 aromatic heterocycles. The van der Waals surface area contributed by atoms with Crippen molar-refractivity contribution in [1.82, 2.24) is 5.32 Å². The highest BCUT2D eigenvalue weighted by Gasteiger charge is 2.23. The van der Waals surface area contributed by atoms with Crippen molar-refractivity contribution in [2.75, 3.05) is 43.6 Å². The van der Waals surface area contributed by atoms with Crippen molar-refractivity contribution >= 4 is 27.3 Å². The topological polar surface area (TPSA) is 146 Å². The van der Waals surface area contributed by atoms with E-state index in [1.165, 1.54) is 32.4 Å². The number of phenolic OH excluding ortho intramolecular Hbond substituents is 1. The fourth-order valence-electron chi connectivity index (χ4n) is 3.71. The molecule has 0 heterocycles. The molecule has 0 saturated carbocycles. The van der Waals surface area contributed by atoms with E-state index >= 15 is 0 Å². The van der Waals surface area contributed by atoms with Gasteiger partial charge in [-0.15, -0.1) is 0 Å². The molecule has 1 unspecified atom stereocenters. The first kappa shape index (κ1) is 27.8. The second-order valence-electron chi connectivity index (χ2n) is 8.35. The molecule has 198 valence electrons. The van der Waals surface area contributed by atoms with Gasteiger partial charge in [-0.2, -0.15) is 0 Å². The molecular weight excluding hydrogens is 498 g/mol. The van der Waals surface area contributed by atoms with Gasteiger partial charge in [0, 0.05) is 18.8 Å². The number of rotatable bonds is 12. The molecule has 1 amide bonds. The Bertz CT molecular complexity index is 1320. The number of aliphatic hydroxyl groups is 1. The maximum absolute atomic E-state index is 13.2. The number of hydrogen-bond donors (Lipinski definition) is 5. The summed E-state index contributed by atoms with van der Waals surface area (Å²) in [6, 6.07) is 18.4. The zero-order chi connectivity index (χ0) is 27.0. The van der Waals surface area contributed by atoms with E-state index in [-0.39, 0.29) is 30.4 Å². The minimum absolute atomic E-state index is 0.0375. The van der Waals surface area contributed by atoms with E-state index in [1.807, 2.05) is 18.2 Å². The Labute approximate surface area is 216 Å². The molecule has 10 nitrogen and oxygen atoms in total. The number of nitrogens with one attached hydrogen (secondary N) is 3. The summed E-state index contributed by atoms with van der Waals surface area (Å²) < 4.78 is 36.0. The molecule has 2 atom stereocenters. The lowest BCUT2D eigenvalue weighted by Crippen LogP contribution is -2.33. The van der Waals surface area contributed by atoms with E-state index < -0.39 is 22.0 Å². The number of hydrogen-bond acceptors (Lipinski definition) is 8. The summed E-state index contributed by atoms with van der Waals surface area (Å²) in [5.74, 6) is -0.158. The Morgan fingerprint density at radius 2 is 1.59 bits per heavy atom. The number of carbonyl (C=O) groups is 1. The highest BCUT2D eigenvalue weighted by atomic mass is 32.2. The molecule has 0 bridgehead atoms. The van der Waals surface area contributed by atoms with Gasteiger partial charge < -0.3 is 30.3 Å². The van der Waals surface area contributed by atoms with E-state index in [0.717, 1.165) is 6.26 Å². The number of methoxy groups -OCH3 is 2. The van der Waals surface area contributed by atoms with Crippen LogP contribution in [0.4, 0.5) is 11.4 Å². The standard InChI is InChI=1S/C26H31N3O7S/c1-35-24-12-10-17(14-25(24)36-2)20(26(32)28-19-7-5-4-6-8-19)15-27-16-23(31)18-9-11-22(30)21(13-18)29-37(3,33)34/h4-14,20,23,27,29-31H,15-16H2,1-3H3,(H,28,32)/t20?,23-/m0/s1. The Hall–Kier alpha value is -3.80. The first-order chi connectivity index (χ1) is 17.6. The largest absolute Gasteiger partial charge is 0.506 e. The molecule has 0 aliphatic rings. The van der Waals surface area contributed by atoms with Crippen molar-refractivity contribution in [3.05, 3.63) is 77.9 Å². The van der Waals surface area contributed by atoms with Crippen LogP contribution >= 0.6 is 0 Å². The molecule has 37 heavy (non-hydrogen) atoms. The predicted octanol–water partition coefficient (Wildman–Crippen LogP) is 2.83. The number of aromatic hydroxyl groups is 1. The van der Waals surface area contributed by atoms with Crippen molar-refractivity contribution in [2.45, 2.75) is 12.0 Å². The fourth-order valence-corrected chi connectivity index (χ4v) is 4.27. The predicted molar refractivity (Wildman–Crippen MR) is 142 cm³/mol. The van der Waals surface area contributed by atoms with Gasteiger partial charge in [0.15, 0.2) is 11.5 Å². The third kappa shape index (κ3) is 7.84. The smallest absolute Gasteiger partial charge is 0.233 e. The molecule has 3 aromatic rings. The van der Waals surface area contributed by atoms with Crippen LogP contribution in [0, 0.1) is 0 Å². The van der Waals surface area contributed by atoms with Crippen LogP contribution in [0.1, 0.15) is 23.1 Å². The zero-order valence-electron chi connectivity index (χ0n) is 20.8. The van der Waals surface area contributed by atoms with Crippen LogP contribution in [0.15, 0.2) is 66.7 Å². The van der Waals surface area contributed by atoms with Gasteiger partial charge in [0.05, 0.1) is 38.2 Å². The minimum atomic E-state index is -3.62. The summed E-state index contributed by atoms with van der Waals surface area (Å²) >= 11 is 0. The van der Waals surface area contributed by atoms with Gasteiger partial charge in [-0.25, -0.2) is 8.42 Å². The number of anilines is 2. The number of phenols is 1. The summed E-state index contributed by atoms with van der Waals surface area (Å²) in [5, 5.41) is 26.6. The summed E-state index contributed by atoms with van der Waals surface area (Å²) in [6.45, 7) is 0.239. The molecule has 0 aliphatic heterocycles. The highest BCUT2D eigenvalue weighted by molar-refractivity contribution is 7.92. The average molecular weight is 530 g/mol. The van der Waals surface area contributed by atoms with Crippen LogP contribution in [0.2, 0.25) is 0 Å². The van der Waals surface area contributed by atoms with Gasteiger partial charge in [-0.3, -0.25) is 9.52 Å². The van der Waals surface area contributed by atoms with Crippen LogP contribution in [0.25, 0.3) is 0 Å². The molecule has 11 heteroatoms. The van der Waals surface area contributed by atoms with Gasteiger partial charge in [0.1, 0.15) is 5.75 Å². The van der Waals surface area contributed by atoms with Crippen molar-refractivity contribution in [2.24, 2.45) is 0 Å². The van der Waals surface area contributed by atoms with Crippen LogP contribution in [-0.4, -0.2) is 58.1 Å². The molecule has 3 aromatic carbocycles. The molecule has 3 rings (SSSR count). The van der Waals surface area contributed by atoms with Crippen LogP contribution in [0.3, 0.4) is 0 Å². The van der Waals surface area contributed by atoms with E-state index in [0.29, 0.717) is 28.3 Å². The Morgan fingerprint density at radius 3 is 2.24 bits per heavy atom. The Morgan fingerprint density at radius 1 is 0.919 bits per heavy atom. The van der Waals surface area contributed by atoms with Crippen LogP contribution < -0.4 is 24.8 Å². The minimum Gasteiger partial charge on any atom is -0.506 e. The van der Waals surface area contributed by atoms with Gasteiger partial charge in [-0.1, -0.05) is 30.3 Å². The molecule has 5 N–H and O–H groups in total. The molecule has 0 spiro atoms. The Kier molecular flexibility index (Phi) is 9.34. The molecule has 0 radical (unpaired) electrons. The van der Waals surface area contributed by atoms with Crippen molar-refractivity contribution < 1.29 is 32.9 Å². The van der Waals surface area contributed by atoms with E-state index in [2.05, 4.69) is 15.4 Å². The maximum atomic E-state index is 13.2. The molecule has 0 fully saturated rings. The summed E-state index contributed by atoms with van der Waals surface area (Å²) in [5.41, 5.74) is 1.67. The van der Waals surface area contributed by atoms with E-state index in [9.17, 15) is 23.4 Å². The van der Waals surface area contributed by atoms with E-state index in [4.69, 9.17) is 9.47 Å². The van der Waals surface area contributed by atoms with Crippen LogP contribution in [-0.2, 0) is 14.8 Å². The molecular formula is C26H31N3O7S. The van der Waals surface area contributed by atoms with E-state index in [1.54, 1.807) is 30.3 Å². The zero-order valence-corrected chi connectivity index (χ0v) is 21.6. The monoisotopic (exact) mass is 529 g/mol. The number of aliphatic hydroxyl groups excluding tert-OH is 1. The number of benzene rings is 3. The summed E-state index contributed by atoms with van der Waals surface area (Å²) in [7, 11) is -0.576. The molecule has 0 saturated heterocycles. The first-order valence-corrected chi connectivity index (χ1v) is 13.3. The summed E-state index contributed by atoms with van der Waals surface area (Å²) in [6.07, 6.45) is -0.0738.